The Hall–Kier alpha value is -1.14. The van der Waals surface area contributed by atoms with Gasteiger partial charge < -0.3 is 15.2 Å². The summed E-state index contributed by atoms with van der Waals surface area (Å²) in [4.78, 5) is 15.7. The van der Waals surface area contributed by atoms with Gasteiger partial charge in [-0.05, 0) is 20.3 Å². The van der Waals surface area contributed by atoms with Crippen LogP contribution >= 0.6 is 11.3 Å². The quantitative estimate of drug-likeness (QED) is 0.874. The summed E-state index contributed by atoms with van der Waals surface area (Å²) in [6.45, 7) is 7.67. The van der Waals surface area contributed by atoms with Crippen molar-refractivity contribution in [3.05, 3.63) is 11.1 Å². The van der Waals surface area contributed by atoms with E-state index in [4.69, 9.17) is 4.74 Å². The number of rotatable bonds is 5. The van der Waals surface area contributed by atoms with E-state index in [2.05, 4.69) is 24.1 Å². The summed E-state index contributed by atoms with van der Waals surface area (Å²) in [5.74, 6) is -0.863. The van der Waals surface area contributed by atoms with Crippen molar-refractivity contribution in [2.75, 3.05) is 12.4 Å². The molecule has 0 aliphatic heterocycles. The van der Waals surface area contributed by atoms with E-state index >= 15 is 0 Å². The lowest BCUT2D eigenvalue weighted by Gasteiger charge is -2.51. The van der Waals surface area contributed by atoms with E-state index in [0.717, 1.165) is 11.6 Å². The average molecular weight is 298 g/mol. The van der Waals surface area contributed by atoms with Crippen LogP contribution in [0.1, 0.15) is 39.8 Å². The zero-order valence-corrected chi connectivity index (χ0v) is 13.4. The normalized spacial score (nSPS) is 25.1. The number of thiazole rings is 1. The minimum absolute atomic E-state index is 0.0584. The van der Waals surface area contributed by atoms with Crippen LogP contribution in [0.2, 0.25) is 0 Å². The number of carbonyl (C=O) groups is 1. The maximum absolute atomic E-state index is 11.2. The van der Waals surface area contributed by atoms with Crippen LogP contribution in [0.4, 0.5) is 5.13 Å². The molecule has 1 saturated carbocycles. The fourth-order valence-corrected chi connectivity index (χ4v) is 3.35. The van der Waals surface area contributed by atoms with Gasteiger partial charge in [0.05, 0.1) is 11.8 Å². The first kappa shape index (κ1) is 15.3. The number of nitrogens with zero attached hydrogens (tertiary/aromatic N) is 1. The highest BCUT2D eigenvalue weighted by atomic mass is 32.1. The van der Waals surface area contributed by atoms with Gasteiger partial charge in [-0.15, -0.1) is 11.3 Å². The molecule has 0 saturated heterocycles. The maximum Gasteiger partial charge on any atom is 0.315 e. The van der Waals surface area contributed by atoms with E-state index in [-0.39, 0.29) is 11.5 Å². The molecule has 6 heteroatoms. The molecule has 5 nitrogen and oxygen atoms in total. The van der Waals surface area contributed by atoms with Gasteiger partial charge in [-0.2, -0.15) is 0 Å². The van der Waals surface area contributed by atoms with Crippen LogP contribution in [0.15, 0.2) is 5.38 Å². The van der Waals surface area contributed by atoms with Crippen LogP contribution in [0, 0.1) is 5.41 Å². The summed E-state index contributed by atoms with van der Waals surface area (Å²) >= 11 is 1.45. The van der Waals surface area contributed by atoms with Crippen LogP contribution in [-0.4, -0.2) is 35.3 Å². The molecule has 1 aromatic heterocycles. The lowest BCUT2D eigenvalue weighted by Crippen LogP contribution is -2.57. The summed E-state index contributed by atoms with van der Waals surface area (Å²) in [6.07, 6.45) is 1.20. The second kappa shape index (κ2) is 5.00. The number of aromatic nitrogens is 1. The smallest absolute Gasteiger partial charge is 0.315 e. The van der Waals surface area contributed by atoms with Gasteiger partial charge >= 0.3 is 5.97 Å². The van der Waals surface area contributed by atoms with Crippen LogP contribution in [-0.2, 0) is 14.9 Å². The van der Waals surface area contributed by atoms with Gasteiger partial charge in [-0.1, -0.05) is 13.8 Å². The summed E-state index contributed by atoms with van der Waals surface area (Å²) in [6, 6.07) is 0.305. The molecule has 0 spiro atoms. The minimum atomic E-state index is -0.958. The fourth-order valence-electron chi connectivity index (χ4n) is 2.42. The molecular weight excluding hydrogens is 276 g/mol. The number of anilines is 1. The molecule has 0 radical (unpaired) electrons. The Morgan fingerprint density at radius 3 is 2.75 bits per heavy atom. The lowest BCUT2D eigenvalue weighted by atomic mass is 9.64. The van der Waals surface area contributed by atoms with Crippen molar-refractivity contribution < 1.29 is 14.6 Å². The monoisotopic (exact) mass is 298 g/mol. The SMILES string of the molecule is COC1CC(Nc2nc(C(C)(C)C(=O)O)cs2)C1(C)C. The molecule has 2 atom stereocenters. The molecule has 1 aliphatic carbocycles. The van der Waals surface area contributed by atoms with Crippen LogP contribution < -0.4 is 5.32 Å². The van der Waals surface area contributed by atoms with Gasteiger partial charge in [0.25, 0.3) is 0 Å². The van der Waals surface area contributed by atoms with Gasteiger partial charge in [0.2, 0.25) is 0 Å². The molecule has 112 valence electrons. The zero-order valence-electron chi connectivity index (χ0n) is 12.6. The first-order valence-corrected chi connectivity index (χ1v) is 7.56. The highest BCUT2D eigenvalue weighted by Crippen LogP contribution is 2.44. The molecule has 2 unspecified atom stereocenters. The van der Waals surface area contributed by atoms with E-state index in [9.17, 15) is 9.90 Å². The second-order valence-corrected chi connectivity index (χ2v) is 7.30. The molecule has 0 aromatic carbocycles. The number of ether oxygens (including phenoxy) is 1. The molecule has 20 heavy (non-hydrogen) atoms. The lowest BCUT2D eigenvalue weighted by molar-refractivity contribution is -0.142. The van der Waals surface area contributed by atoms with Crippen molar-refractivity contribution in [2.45, 2.75) is 51.7 Å². The molecular formula is C14H22N2O3S. The largest absolute Gasteiger partial charge is 0.481 e. The average Bonchev–Trinajstić information content (AvgIpc) is 2.83. The van der Waals surface area contributed by atoms with Gasteiger partial charge in [-0.25, -0.2) is 4.98 Å². The second-order valence-electron chi connectivity index (χ2n) is 6.45. The van der Waals surface area contributed by atoms with E-state index in [1.165, 1.54) is 11.3 Å². The fraction of sp³-hybridized carbons (Fsp3) is 0.714. The molecule has 1 heterocycles. The predicted molar refractivity (Wildman–Crippen MR) is 79.4 cm³/mol. The highest BCUT2D eigenvalue weighted by Gasteiger charge is 2.49. The Kier molecular flexibility index (Phi) is 3.81. The molecule has 0 bridgehead atoms. The number of carboxylic acids is 1. The van der Waals surface area contributed by atoms with Crippen LogP contribution in [0.25, 0.3) is 0 Å². The van der Waals surface area contributed by atoms with Gasteiger partial charge in [0.1, 0.15) is 5.41 Å². The molecule has 1 aliphatic rings. The van der Waals surface area contributed by atoms with Gasteiger partial charge in [0, 0.05) is 23.9 Å². The molecule has 0 amide bonds. The predicted octanol–water partition coefficient (Wildman–Crippen LogP) is 2.73. The van der Waals surface area contributed by atoms with E-state index in [1.54, 1.807) is 21.0 Å². The first-order valence-electron chi connectivity index (χ1n) is 6.68. The van der Waals surface area contributed by atoms with Gasteiger partial charge in [0.15, 0.2) is 5.13 Å². The summed E-state index contributed by atoms with van der Waals surface area (Å²) in [5.41, 5.74) is -0.304. The topological polar surface area (TPSA) is 71.5 Å². The summed E-state index contributed by atoms with van der Waals surface area (Å²) in [5, 5.41) is 15.2. The Morgan fingerprint density at radius 1 is 1.60 bits per heavy atom. The standard InChI is InChI=1S/C14H22N2O3S/c1-13(2)8(6-10(13)19-5)15-12-16-9(7-20-12)14(3,4)11(17)18/h7-8,10H,6H2,1-5H3,(H,15,16)(H,17,18). The Bertz CT molecular complexity index is 510. The Morgan fingerprint density at radius 2 is 2.25 bits per heavy atom. The maximum atomic E-state index is 11.2. The number of hydrogen-bond donors (Lipinski definition) is 2. The Labute approximate surface area is 123 Å². The van der Waals surface area contributed by atoms with Crippen molar-refractivity contribution in [2.24, 2.45) is 5.41 Å². The van der Waals surface area contributed by atoms with Crippen molar-refractivity contribution in [1.29, 1.82) is 0 Å². The van der Waals surface area contributed by atoms with Crippen molar-refractivity contribution in [1.82, 2.24) is 4.98 Å². The third kappa shape index (κ3) is 2.42. The molecule has 2 N–H and O–H groups in total. The molecule has 1 fully saturated rings. The number of nitrogens with one attached hydrogen (secondary N) is 1. The van der Waals surface area contributed by atoms with Gasteiger partial charge in [-0.3, -0.25) is 4.79 Å². The van der Waals surface area contributed by atoms with Crippen molar-refractivity contribution >= 4 is 22.4 Å². The molecule has 1 aromatic rings. The van der Waals surface area contributed by atoms with Crippen molar-refractivity contribution in [3.63, 3.8) is 0 Å². The third-order valence-corrected chi connectivity index (χ3v) is 5.21. The van der Waals surface area contributed by atoms with Crippen LogP contribution in [0.3, 0.4) is 0 Å². The number of aliphatic carboxylic acids is 1. The zero-order chi connectivity index (χ0) is 15.1. The van der Waals surface area contributed by atoms with Crippen LogP contribution in [0.5, 0.6) is 0 Å². The van der Waals surface area contributed by atoms with E-state index in [1.807, 2.05) is 5.38 Å². The van der Waals surface area contributed by atoms with E-state index < -0.39 is 11.4 Å². The summed E-state index contributed by atoms with van der Waals surface area (Å²) in [7, 11) is 1.74. The highest BCUT2D eigenvalue weighted by molar-refractivity contribution is 7.13. The number of carboxylic acid groups (broad SMARTS) is 1. The number of hydrogen-bond acceptors (Lipinski definition) is 5. The van der Waals surface area contributed by atoms with E-state index in [0.29, 0.717) is 11.7 Å². The summed E-state index contributed by atoms with van der Waals surface area (Å²) < 4.78 is 5.43. The number of methoxy groups -OCH3 is 1. The molecule has 2 rings (SSSR count). The first-order chi connectivity index (χ1) is 9.19. The minimum Gasteiger partial charge on any atom is -0.481 e. The van der Waals surface area contributed by atoms with Crippen molar-refractivity contribution in [3.8, 4) is 0 Å². The third-order valence-electron chi connectivity index (χ3n) is 4.44. The Balaban J connectivity index is 2.07.